The molecule has 0 aliphatic rings. The fourth-order valence-electron chi connectivity index (χ4n) is 2.24. The van der Waals surface area contributed by atoms with Crippen LogP contribution in [0.3, 0.4) is 0 Å². The van der Waals surface area contributed by atoms with Gasteiger partial charge in [0.05, 0.1) is 29.7 Å². The van der Waals surface area contributed by atoms with Crippen molar-refractivity contribution in [2.45, 2.75) is 11.3 Å². The van der Waals surface area contributed by atoms with Gasteiger partial charge in [-0.05, 0) is 36.4 Å². The van der Waals surface area contributed by atoms with E-state index in [9.17, 15) is 22.4 Å². The third kappa shape index (κ3) is 5.27. The van der Waals surface area contributed by atoms with Crippen LogP contribution in [0, 0.1) is 5.82 Å². The summed E-state index contributed by atoms with van der Waals surface area (Å²) in [6.45, 7) is 0.116. The summed E-state index contributed by atoms with van der Waals surface area (Å²) in [6, 6.07) is 10.4. The summed E-state index contributed by atoms with van der Waals surface area (Å²) in [5.74, 6) is -1.48. The number of nitrogens with one attached hydrogen (secondary N) is 1. The van der Waals surface area contributed by atoms with Crippen LogP contribution >= 0.6 is 0 Å². The van der Waals surface area contributed by atoms with Gasteiger partial charge < -0.3 is 9.64 Å². The van der Waals surface area contributed by atoms with Gasteiger partial charge in [0.15, 0.2) is 0 Å². The summed E-state index contributed by atoms with van der Waals surface area (Å²) >= 11 is 0. The summed E-state index contributed by atoms with van der Waals surface area (Å²) in [4.78, 5) is 25.0. The first kappa shape index (κ1) is 20.4. The van der Waals surface area contributed by atoms with E-state index in [1.165, 1.54) is 31.2 Å². The Morgan fingerprint density at radius 1 is 1.11 bits per heavy atom. The lowest BCUT2D eigenvalue weighted by Crippen LogP contribution is -2.30. The number of benzene rings is 2. The van der Waals surface area contributed by atoms with Crippen LogP contribution in [0.15, 0.2) is 53.4 Å². The molecule has 0 bridgehead atoms. The number of para-hydroxylation sites is 1. The minimum absolute atomic E-state index is 0.0161. The molecule has 0 fully saturated rings. The van der Waals surface area contributed by atoms with Crippen molar-refractivity contribution >= 4 is 27.6 Å². The number of rotatable bonds is 7. The van der Waals surface area contributed by atoms with Gasteiger partial charge in [-0.3, -0.25) is 14.3 Å². The van der Waals surface area contributed by atoms with Gasteiger partial charge in [-0.25, -0.2) is 12.8 Å². The van der Waals surface area contributed by atoms with Gasteiger partial charge in [0.2, 0.25) is 0 Å². The molecule has 27 heavy (non-hydrogen) atoms. The molecule has 0 atom stereocenters. The standard InChI is InChI=1S/C18H19FN2O5S/c1-21(12-11-17(22)26-2)18(23)15-5-3-4-6-16(15)20-27(24,25)14-9-7-13(19)8-10-14/h3-10,20H,11-12H2,1-2H3. The van der Waals surface area contributed by atoms with Gasteiger partial charge in [0.1, 0.15) is 5.82 Å². The zero-order valence-corrected chi connectivity index (χ0v) is 15.6. The first-order valence-corrected chi connectivity index (χ1v) is 9.42. The van der Waals surface area contributed by atoms with Crippen molar-refractivity contribution in [3.8, 4) is 0 Å². The zero-order chi connectivity index (χ0) is 20.0. The van der Waals surface area contributed by atoms with E-state index in [1.807, 2.05) is 0 Å². The molecule has 0 aromatic heterocycles. The lowest BCUT2D eigenvalue weighted by atomic mass is 10.1. The maximum Gasteiger partial charge on any atom is 0.307 e. The van der Waals surface area contributed by atoms with Crippen molar-refractivity contribution in [3.63, 3.8) is 0 Å². The predicted molar refractivity (Wildman–Crippen MR) is 97.2 cm³/mol. The number of esters is 1. The van der Waals surface area contributed by atoms with Crippen LogP contribution < -0.4 is 4.72 Å². The number of hydrogen-bond donors (Lipinski definition) is 1. The van der Waals surface area contributed by atoms with Crippen LogP contribution in [0.2, 0.25) is 0 Å². The molecule has 0 unspecified atom stereocenters. The molecule has 0 aliphatic carbocycles. The van der Waals surface area contributed by atoms with Gasteiger partial charge in [-0.2, -0.15) is 0 Å². The normalized spacial score (nSPS) is 10.9. The Hall–Kier alpha value is -2.94. The number of hydrogen-bond acceptors (Lipinski definition) is 5. The van der Waals surface area contributed by atoms with Gasteiger partial charge >= 0.3 is 5.97 Å². The molecule has 1 N–H and O–H groups in total. The van der Waals surface area contributed by atoms with Crippen molar-refractivity contribution in [2.24, 2.45) is 0 Å². The van der Waals surface area contributed by atoms with Gasteiger partial charge in [-0.1, -0.05) is 12.1 Å². The predicted octanol–water partition coefficient (Wildman–Crippen LogP) is 2.26. The molecular formula is C18H19FN2O5S. The number of methoxy groups -OCH3 is 1. The van der Waals surface area contributed by atoms with Crippen LogP contribution in [0.4, 0.5) is 10.1 Å². The number of nitrogens with zero attached hydrogens (tertiary/aromatic N) is 1. The molecule has 144 valence electrons. The zero-order valence-electron chi connectivity index (χ0n) is 14.8. The van der Waals surface area contributed by atoms with Crippen molar-refractivity contribution in [2.75, 3.05) is 25.4 Å². The molecule has 0 heterocycles. The highest BCUT2D eigenvalue weighted by molar-refractivity contribution is 7.92. The summed E-state index contributed by atoms with van der Waals surface area (Å²) in [5.41, 5.74) is 0.201. The molecule has 7 nitrogen and oxygen atoms in total. The van der Waals surface area contributed by atoms with E-state index in [1.54, 1.807) is 12.1 Å². The highest BCUT2D eigenvalue weighted by Gasteiger charge is 2.21. The number of sulfonamides is 1. The maximum absolute atomic E-state index is 13.0. The number of halogens is 1. The Kier molecular flexibility index (Phi) is 6.51. The van der Waals surface area contributed by atoms with Crippen molar-refractivity contribution < 1.29 is 27.1 Å². The molecule has 1 amide bonds. The van der Waals surface area contributed by atoms with Crippen LogP contribution in [0.25, 0.3) is 0 Å². The van der Waals surface area contributed by atoms with E-state index < -0.39 is 27.7 Å². The van der Waals surface area contributed by atoms with Crippen molar-refractivity contribution in [3.05, 3.63) is 59.9 Å². The van der Waals surface area contributed by atoms with Crippen molar-refractivity contribution in [1.29, 1.82) is 0 Å². The molecule has 2 rings (SSSR count). The Morgan fingerprint density at radius 2 is 1.74 bits per heavy atom. The molecular weight excluding hydrogens is 375 g/mol. The number of carbonyl (C=O) groups excluding carboxylic acids is 2. The molecule has 0 spiro atoms. The molecule has 0 saturated heterocycles. The van der Waals surface area contributed by atoms with E-state index >= 15 is 0 Å². The largest absolute Gasteiger partial charge is 0.469 e. The topological polar surface area (TPSA) is 92.8 Å². The summed E-state index contributed by atoms with van der Waals surface area (Å²) < 4.78 is 44.9. The number of amides is 1. The van der Waals surface area contributed by atoms with Crippen LogP contribution in [-0.4, -0.2) is 45.9 Å². The third-order valence-corrected chi connectivity index (χ3v) is 5.13. The second kappa shape index (κ2) is 8.63. The Bertz CT molecular complexity index is 929. The SMILES string of the molecule is COC(=O)CCN(C)C(=O)c1ccccc1NS(=O)(=O)c1ccc(F)cc1. The Balaban J connectivity index is 2.23. The minimum Gasteiger partial charge on any atom is -0.469 e. The molecule has 9 heteroatoms. The minimum atomic E-state index is -4.00. The smallest absolute Gasteiger partial charge is 0.307 e. The van der Waals surface area contributed by atoms with E-state index in [2.05, 4.69) is 9.46 Å². The van der Waals surface area contributed by atoms with Gasteiger partial charge in [0.25, 0.3) is 15.9 Å². The van der Waals surface area contributed by atoms with Gasteiger partial charge in [0, 0.05) is 13.6 Å². The average molecular weight is 394 g/mol. The van der Waals surface area contributed by atoms with Gasteiger partial charge in [-0.15, -0.1) is 0 Å². The maximum atomic E-state index is 13.0. The number of ether oxygens (including phenoxy) is 1. The monoisotopic (exact) mass is 394 g/mol. The van der Waals surface area contributed by atoms with E-state index in [0.717, 1.165) is 24.3 Å². The molecule has 2 aromatic rings. The molecule has 0 saturated carbocycles. The molecule has 0 aliphatic heterocycles. The van der Waals surface area contributed by atoms with Crippen LogP contribution in [0.1, 0.15) is 16.8 Å². The van der Waals surface area contributed by atoms with Crippen LogP contribution in [0.5, 0.6) is 0 Å². The first-order valence-electron chi connectivity index (χ1n) is 7.94. The van der Waals surface area contributed by atoms with Crippen LogP contribution in [-0.2, 0) is 19.6 Å². The highest BCUT2D eigenvalue weighted by atomic mass is 32.2. The average Bonchev–Trinajstić information content (AvgIpc) is 2.65. The highest BCUT2D eigenvalue weighted by Crippen LogP contribution is 2.21. The first-order chi connectivity index (χ1) is 12.7. The molecule has 0 radical (unpaired) electrons. The Morgan fingerprint density at radius 3 is 2.37 bits per heavy atom. The Labute approximate surface area is 156 Å². The lowest BCUT2D eigenvalue weighted by Gasteiger charge is -2.19. The number of carbonyl (C=O) groups is 2. The quantitative estimate of drug-likeness (QED) is 0.727. The summed E-state index contributed by atoms with van der Waals surface area (Å²) in [5, 5.41) is 0. The second-order valence-corrected chi connectivity index (χ2v) is 7.34. The second-order valence-electron chi connectivity index (χ2n) is 5.66. The van der Waals surface area contributed by atoms with E-state index in [0.29, 0.717) is 0 Å². The summed E-state index contributed by atoms with van der Waals surface area (Å²) in [6.07, 6.45) is 0.0161. The fourth-order valence-corrected chi connectivity index (χ4v) is 3.32. The van der Waals surface area contributed by atoms with E-state index in [4.69, 9.17) is 0 Å². The third-order valence-electron chi connectivity index (χ3n) is 3.75. The van der Waals surface area contributed by atoms with E-state index in [-0.39, 0.29) is 29.1 Å². The fraction of sp³-hybridized carbons (Fsp3) is 0.222. The summed E-state index contributed by atoms with van der Waals surface area (Å²) in [7, 11) is -1.25. The molecule has 2 aromatic carbocycles. The number of anilines is 1. The van der Waals surface area contributed by atoms with Crippen molar-refractivity contribution in [1.82, 2.24) is 4.90 Å². The lowest BCUT2D eigenvalue weighted by molar-refractivity contribution is -0.140.